The summed E-state index contributed by atoms with van der Waals surface area (Å²) < 4.78 is 10.8. The number of benzene rings is 2. The summed E-state index contributed by atoms with van der Waals surface area (Å²) in [5.74, 6) is -0.905. The maximum absolute atomic E-state index is 12.6. The lowest BCUT2D eigenvalue weighted by atomic mass is 10.0. The minimum absolute atomic E-state index is 0.186. The summed E-state index contributed by atoms with van der Waals surface area (Å²) in [6.45, 7) is 5.53. The van der Waals surface area contributed by atoms with Crippen molar-refractivity contribution in [3.8, 4) is 11.5 Å². The largest absolute Gasteiger partial charge is 0.490 e. The number of halogens is 1. The topological polar surface area (TPSA) is 132 Å². The Bertz CT molecular complexity index is 1030. The standard InChI is InChI=1S/C23H27ClN4O5/c1-4-32-19-10-15(8-9-18(19)33-13-20(25)29)12-26-28-23(31)21(14(2)3)27-22(30)16-6-5-7-17(24)11-16/h5-12,14,21H,4,13H2,1-3H3,(H2,25,29)(H,27,30)(H,28,31). The molecule has 1 unspecified atom stereocenters. The number of primary amides is 1. The van der Waals surface area contributed by atoms with E-state index in [4.69, 9.17) is 26.8 Å². The van der Waals surface area contributed by atoms with E-state index in [1.165, 1.54) is 12.3 Å². The van der Waals surface area contributed by atoms with Crippen LogP contribution >= 0.6 is 11.6 Å². The van der Waals surface area contributed by atoms with E-state index in [0.717, 1.165) is 0 Å². The second-order valence-corrected chi connectivity index (χ2v) is 7.77. The monoisotopic (exact) mass is 474 g/mol. The zero-order valence-corrected chi connectivity index (χ0v) is 19.4. The number of hydrazone groups is 1. The van der Waals surface area contributed by atoms with Crippen molar-refractivity contribution in [1.82, 2.24) is 10.7 Å². The van der Waals surface area contributed by atoms with E-state index in [1.807, 2.05) is 20.8 Å². The average molecular weight is 475 g/mol. The number of rotatable bonds is 11. The Hall–Kier alpha value is -3.59. The van der Waals surface area contributed by atoms with Gasteiger partial charge in [-0.3, -0.25) is 14.4 Å². The molecule has 0 saturated heterocycles. The van der Waals surface area contributed by atoms with Gasteiger partial charge in [0.1, 0.15) is 6.04 Å². The van der Waals surface area contributed by atoms with Crippen molar-refractivity contribution in [2.45, 2.75) is 26.8 Å². The number of ether oxygens (including phenoxy) is 2. The third-order valence-electron chi connectivity index (χ3n) is 4.35. The van der Waals surface area contributed by atoms with Crippen molar-refractivity contribution in [1.29, 1.82) is 0 Å². The average Bonchev–Trinajstić information content (AvgIpc) is 2.76. The quantitative estimate of drug-likeness (QED) is 0.340. The third-order valence-corrected chi connectivity index (χ3v) is 4.58. The molecule has 0 saturated carbocycles. The van der Waals surface area contributed by atoms with E-state index in [-0.39, 0.29) is 12.5 Å². The molecule has 4 N–H and O–H groups in total. The predicted molar refractivity (Wildman–Crippen MR) is 126 cm³/mol. The first-order chi connectivity index (χ1) is 15.7. The van der Waals surface area contributed by atoms with Crippen molar-refractivity contribution in [3.63, 3.8) is 0 Å². The maximum atomic E-state index is 12.6. The fourth-order valence-corrected chi connectivity index (χ4v) is 2.96. The molecule has 0 bridgehead atoms. The minimum Gasteiger partial charge on any atom is -0.490 e. The van der Waals surface area contributed by atoms with Crippen LogP contribution in [0.25, 0.3) is 0 Å². The molecular weight excluding hydrogens is 448 g/mol. The van der Waals surface area contributed by atoms with Crippen LogP contribution < -0.4 is 25.9 Å². The molecule has 2 aromatic carbocycles. The van der Waals surface area contributed by atoms with Crippen LogP contribution in [0.4, 0.5) is 0 Å². The number of nitrogens with zero attached hydrogens (tertiary/aromatic N) is 1. The molecule has 33 heavy (non-hydrogen) atoms. The molecule has 0 spiro atoms. The molecule has 0 aromatic heterocycles. The normalized spacial score (nSPS) is 11.8. The molecular formula is C23H27ClN4O5. The molecule has 1 atom stereocenters. The molecule has 0 aliphatic heterocycles. The minimum atomic E-state index is -0.808. The highest BCUT2D eigenvalue weighted by molar-refractivity contribution is 6.31. The molecule has 0 fully saturated rings. The van der Waals surface area contributed by atoms with Gasteiger partial charge in [0.2, 0.25) is 0 Å². The highest BCUT2D eigenvalue weighted by Crippen LogP contribution is 2.28. The van der Waals surface area contributed by atoms with Crippen LogP contribution in [-0.2, 0) is 9.59 Å². The van der Waals surface area contributed by atoms with Gasteiger partial charge in [0, 0.05) is 10.6 Å². The fraction of sp³-hybridized carbons (Fsp3) is 0.304. The Morgan fingerprint density at radius 1 is 1.12 bits per heavy atom. The first-order valence-electron chi connectivity index (χ1n) is 10.3. The van der Waals surface area contributed by atoms with Gasteiger partial charge in [0.25, 0.3) is 17.7 Å². The van der Waals surface area contributed by atoms with Crippen LogP contribution in [0.2, 0.25) is 5.02 Å². The van der Waals surface area contributed by atoms with Crippen LogP contribution in [0.5, 0.6) is 11.5 Å². The number of carbonyl (C=O) groups is 3. The Labute approximate surface area is 197 Å². The summed E-state index contributed by atoms with van der Waals surface area (Å²) in [5.41, 5.74) is 8.52. The molecule has 2 aromatic rings. The first kappa shape index (κ1) is 25.7. The number of hydrogen-bond donors (Lipinski definition) is 3. The van der Waals surface area contributed by atoms with E-state index in [2.05, 4.69) is 15.8 Å². The lowest BCUT2D eigenvalue weighted by Crippen LogP contribution is -2.48. The Kier molecular flexibility index (Phi) is 9.68. The SMILES string of the molecule is CCOc1cc(C=NNC(=O)C(NC(=O)c2cccc(Cl)c2)C(C)C)ccc1OCC(N)=O. The third kappa shape index (κ3) is 8.12. The van der Waals surface area contributed by atoms with E-state index in [9.17, 15) is 14.4 Å². The molecule has 0 aliphatic rings. The summed E-state index contributed by atoms with van der Waals surface area (Å²) in [5, 5.41) is 7.11. The van der Waals surface area contributed by atoms with Gasteiger partial charge in [-0.1, -0.05) is 31.5 Å². The molecule has 0 heterocycles. The van der Waals surface area contributed by atoms with Crippen LogP contribution in [0.15, 0.2) is 47.6 Å². The van der Waals surface area contributed by atoms with Crippen molar-refractivity contribution in [2.24, 2.45) is 16.8 Å². The van der Waals surface area contributed by atoms with Gasteiger partial charge in [0.15, 0.2) is 18.1 Å². The van der Waals surface area contributed by atoms with Gasteiger partial charge < -0.3 is 20.5 Å². The second-order valence-electron chi connectivity index (χ2n) is 7.33. The molecule has 10 heteroatoms. The van der Waals surface area contributed by atoms with Gasteiger partial charge in [-0.25, -0.2) is 5.43 Å². The number of carbonyl (C=O) groups excluding carboxylic acids is 3. The molecule has 176 valence electrons. The highest BCUT2D eigenvalue weighted by Gasteiger charge is 2.24. The van der Waals surface area contributed by atoms with Crippen molar-refractivity contribution in [3.05, 3.63) is 58.6 Å². The maximum Gasteiger partial charge on any atom is 0.262 e. The van der Waals surface area contributed by atoms with E-state index >= 15 is 0 Å². The van der Waals surface area contributed by atoms with E-state index < -0.39 is 23.8 Å². The van der Waals surface area contributed by atoms with Crippen LogP contribution in [-0.4, -0.2) is 43.2 Å². The Morgan fingerprint density at radius 2 is 1.88 bits per heavy atom. The molecule has 2 rings (SSSR count). The molecule has 3 amide bonds. The van der Waals surface area contributed by atoms with Crippen molar-refractivity contribution in [2.75, 3.05) is 13.2 Å². The number of nitrogens with two attached hydrogens (primary N) is 1. The zero-order valence-electron chi connectivity index (χ0n) is 18.6. The van der Waals surface area contributed by atoms with E-state index in [0.29, 0.717) is 34.3 Å². The smallest absolute Gasteiger partial charge is 0.262 e. The second kappa shape index (κ2) is 12.4. The van der Waals surface area contributed by atoms with Gasteiger partial charge in [-0.15, -0.1) is 0 Å². The van der Waals surface area contributed by atoms with Crippen LogP contribution in [0.3, 0.4) is 0 Å². The molecule has 0 aliphatic carbocycles. The van der Waals surface area contributed by atoms with E-state index in [1.54, 1.807) is 36.4 Å². The van der Waals surface area contributed by atoms with Gasteiger partial charge >= 0.3 is 0 Å². The van der Waals surface area contributed by atoms with Crippen LogP contribution in [0, 0.1) is 5.92 Å². The van der Waals surface area contributed by atoms with Crippen molar-refractivity contribution >= 4 is 35.5 Å². The number of amides is 3. The zero-order chi connectivity index (χ0) is 24.4. The Morgan fingerprint density at radius 3 is 2.52 bits per heavy atom. The lowest BCUT2D eigenvalue weighted by Gasteiger charge is -2.20. The van der Waals surface area contributed by atoms with Gasteiger partial charge in [-0.2, -0.15) is 5.10 Å². The lowest BCUT2D eigenvalue weighted by molar-refractivity contribution is -0.124. The van der Waals surface area contributed by atoms with Gasteiger partial charge in [0.05, 0.1) is 12.8 Å². The molecule has 0 radical (unpaired) electrons. The summed E-state index contributed by atoms with van der Waals surface area (Å²) >= 11 is 5.93. The summed E-state index contributed by atoms with van der Waals surface area (Å²) in [6.07, 6.45) is 1.43. The highest BCUT2D eigenvalue weighted by atomic mass is 35.5. The summed E-state index contributed by atoms with van der Waals surface area (Å²) in [7, 11) is 0. The van der Waals surface area contributed by atoms with Crippen molar-refractivity contribution < 1.29 is 23.9 Å². The predicted octanol–water partition coefficient (Wildman–Crippen LogP) is 2.51. The first-order valence-corrected chi connectivity index (χ1v) is 10.7. The number of nitrogens with one attached hydrogen (secondary N) is 2. The summed E-state index contributed by atoms with van der Waals surface area (Å²) in [4.78, 5) is 36.1. The summed E-state index contributed by atoms with van der Waals surface area (Å²) in [6, 6.07) is 10.6. The van der Waals surface area contributed by atoms with Crippen LogP contribution in [0.1, 0.15) is 36.7 Å². The van der Waals surface area contributed by atoms with Gasteiger partial charge in [-0.05, 0) is 54.8 Å². The fourth-order valence-electron chi connectivity index (χ4n) is 2.77. The Balaban J connectivity index is 2.05. The molecule has 9 nitrogen and oxygen atoms in total. The number of hydrogen-bond acceptors (Lipinski definition) is 6.